The molecule has 0 saturated carbocycles. The molecule has 2 rings (SSSR count). The van der Waals surface area contributed by atoms with Crippen molar-refractivity contribution in [3.8, 4) is 5.69 Å². The molecule has 0 saturated heterocycles. The van der Waals surface area contributed by atoms with Crippen LogP contribution in [-0.4, -0.2) is 0 Å². The van der Waals surface area contributed by atoms with Crippen molar-refractivity contribution in [2.75, 3.05) is 0 Å². The second-order valence-electron chi connectivity index (χ2n) is 5.58. The van der Waals surface area contributed by atoms with Crippen LogP contribution in [0.25, 0.3) is 5.69 Å². The SMILES string of the molecule is Cc1ccc(-[n+]2ccc(C(C)(C)C)cc2)cc1. The average Bonchev–Trinajstić information content (AvgIpc) is 2.29. The van der Waals surface area contributed by atoms with Crippen molar-refractivity contribution in [1.29, 1.82) is 0 Å². The van der Waals surface area contributed by atoms with E-state index in [1.165, 1.54) is 16.8 Å². The molecular weight excluding hydrogens is 206 g/mol. The van der Waals surface area contributed by atoms with Gasteiger partial charge in [0.15, 0.2) is 12.4 Å². The third-order valence-electron chi connectivity index (χ3n) is 3.03. The minimum atomic E-state index is 0.215. The van der Waals surface area contributed by atoms with Gasteiger partial charge in [0, 0.05) is 24.3 Å². The molecule has 1 heterocycles. The van der Waals surface area contributed by atoms with Crippen molar-refractivity contribution < 1.29 is 4.57 Å². The van der Waals surface area contributed by atoms with Gasteiger partial charge in [-0.25, -0.2) is 0 Å². The van der Waals surface area contributed by atoms with Crippen LogP contribution in [0.15, 0.2) is 48.8 Å². The fourth-order valence-corrected chi connectivity index (χ4v) is 1.82. The molecule has 0 spiro atoms. The first kappa shape index (κ1) is 11.8. The molecule has 0 radical (unpaired) electrons. The van der Waals surface area contributed by atoms with Crippen LogP contribution in [0.5, 0.6) is 0 Å². The van der Waals surface area contributed by atoms with Gasteiger partial charge >= 0.3 is 0 Å². The molecule has 17 heavy (non-hydrogen) atoms. The summed E-state index contributed by atoms with van der Waals surface area (Å²) in [7, 11) is 0. The molecule has 0 amide bonds. The minimum absolute atomic E-state index is 0.215. The van der Waals surface area contributed by atoms with Gasteiger partial charge in [-0.1, -0.05) is 38.5 Å². The van der Waals surface area contributed by atoms with Crippen molar-refractivity contribution in [3.63, 3.8) is 0 Å². The summed E-state index contributed by atoms with van der Waals surface area (Å²) in [5.74, 6) is 0. The number of aromatic nitrogens is 1. The van der Waals surface area contributed by atoms with Crippen molar-refractivity contribution in [1.82, 2.24) is 0 Å². The first-order chi connectivity index (χ1) is 7.97. The van der Waals surface area contributed by atoms with Crippen molar-refractivity contribution in [3.05, 3.63) is 59.9 Å². The molecule has 0 N–H and O–H groups in total. The lowest BCUT2D eigenvalue weighted by Gasteiger charge is -2.17. The Balaban J connectivity index is 2.33. The third-order valence-corrected chi connectivity index (χ3v) is 3.03. The Hall–Kier alpha value is -1.63. The molecule has 1 aromatic carbocycles. The molecule has 1 nitrogen and oxygen atoms in total. The van der Waals surface area contributed by atoms with E-state index in [0.29, 0.717) is 0 Å². The maximum absolute atomic E-state index is 2.23. The van der Waals surface area contributed by atoms with Crippen LogP contribution in [0.1, 0.15) is 31.9 Å². The molecule has 88 valence electrons. The molecule has 0 aliphatic heterocycles. The number of nitrogens with zero attached hydrogens (tertiary/aromatic N) is 1. The zero-order valence-corrected chi connectivity index (χ0v) is 11.1. The van der Waals surface area contributed by atoms with Gasteiger partial charge in [-0.15, -0.1) is 0 Å². The van der Waals surface area contributed by atoms with Crippen molar-refractivity contribution in [2.24, 2.45) is 0 Å². The zero-order chi connectivity index (χ0) is 12.5. The Kier molecular flexibility index (Phi) is 3.01. The molecule has 0 aliphatic carbocycles. The number of benzene rings is 1. The summed E-state index contributed by atoms with van der Waals surface area (Å²) < 4.78 is 2.15. The van der Waals surface area contributed by atoms with Crippen molar-refractivity contribution in [2.45, 2.75) is 33.1 Å². The topological polar surface area (TPSA) is 3.88 Å². The number of rotatable bonds is 1. The van der Waals surface area contributed by atoms with Crippen LogP contribution in [-0.2, 0) is 5.41 Å². The van der Waals surface area contributed by atoms with Crippen LogP contribution in [0.2, 0.25) is 0 Å². The van der Waals surface area contributed by atoms with Gasteiger partial charge in [0.25, 0.3) is 0 Å². The normalized spacial score (nSPS) is 11.5. The molecular formula is C16H20N+. The van der Waals surface area contributed by atoms with Gasteiger partial charge in [-0.3, -0.25) is 0 Å². The molecule has 0 aliphatic rings. The Bertz CT molecular complexity index is 487. The summed E-state index contributed by atoms with van der Waals surface area (Å²) >= 11 is 0. The van der Waals surface area contributed by atoms with Gasteiger partial charge < -0.3 is 0 Å². The van der Waals surface area contributed by atoms with E-state index in [1.807, 2.05) is 0 Å². The van der Waals surface area contributed by atoms with Gasteiger partial charge in [0.1, 0.15) is 0 Å². The number of pyridine rings is 1. The summed E-state index contributed by atoms with van der Waals surface area (Å²) in [6, 6.07) is 13.0. The Labute approximate surface area is 104 Å². The second-order valence-corrected chi connectivity index (χ2v) is 5.58. The van der Waals surface area contributed by atoms with Gasteiger partial charge in [0.05, 0.1) is 0 Å². The van der Waals surface area contributed by atoms with E-state index >= 15 is 0 Å². The molecule has 1 aromatic heterocycles. The van der Waals surface area contributed by atoms with E-state index in [2.05, 4.69) is 81.1 Å². The number of aryl methyl sites for hydroxylation is 1. The predicted molar refractivity (Wildman–Crippen MR) is 71.4 cm³/mol. The Morgan fingerprint density at radius 2 is 1.35 bits per heavy atom. The van der Waals surface area contributed by atoms with Gasteiger partial charge in [0.2, 0.25) is 5.69 Å². The quantitative estimate of drug-likeness (QED) is 0.654. The predicted octanol–water partition coefficient (Wildman–Crippen LogP) is 3.57. The Morgan fingerprint density at radius 1 is 0.824 bits per heavy atom. The largest absolute Gasteiger partial charge is 0.210 e. The fourth-order valence-electron chi connectivity index (χ4n) is 1.82. The lowest BCUT2D eigenvalue weighted by molar-refractivity contribution is -0.595. The van der Waals surface area contributed by atoms with Crippen LogP contribution in [0.4, 0.5) is 0 Å². The van der Waals surface area contributed by atoms with Gasteiger partial charge in [-0.05, 0) is 17.9 Å². The maximum Gasteiger partial charge on any atom is 0.210 e. The van der Waals surface area contributed by atoms with Crippen LogP contribution >= 0.6 is 0 Å². The van der Waals surface area contributed by atoms with E-state index in [9.17, 15) is 0 Å². The summed E-state index contributed by atoms with van der Waals surface area (Å²) in [5.41, 5.74) is 4.07. The van der Waals surface area contributed by atoms with E-state index in [-0.39, 0.29) is 5.41 Å². The minimum Gasteiger partial charge on any atom is -0.167 e. The van der Waals surface area contributed by atoms with Crippen LogP contribution in [0.3, 0.4) is 0 Å². The fraction of sp³-hybridized carbons (Fsp3) is 0.312. The zero-order valence-electron chi connectivity index (χ0n) is 11.1. The first-order valence-electron chi connectivity index (χ1n) is 6.06. The average molecular weight is 226 g/mol. The molecule has 1 heteroatoms. The molecule has 0 atom stereocenters. The summed E-state index contributed by atoms with van der Waals surface area (Å²) in [6.07, 6.45) is 4.26. The van der Waals surface area contributed by atoms with Crippen LogP contribution in [0, 0.1) is 6.92 Å². The molecule has 0 unspecified atom stereocenters. The number of hydrogen-bond acceptors (Lipinski definition) is 0. The highest BCUT2D eigenvalue weighted by atomic mass is 14.9. The lowest BCUT2D eigenvalue weighted by atomic mass is 9.88. The van der Waals surface area contributed by atoms with Crippen LogP contribution < -0.4 is 4.57 Å². The van der Waals surface area contributed by atoms with Gasteiger partial charge in [-0.2, -0.15) is 4.57 Å². The van der Waals surface area contributed by atoms with Crippen molar-refractivity contribution >= 4 is 0 Å². The van der Waals surface area contributed by atoms with E-state index in [1.54, 1.807) is 0 Å². The standard InChI is InChI=1S/C16H20N/c1-13-5-7-15(8-6-13)17-11-9-14(10-12-17)16(2,3)4/h5-12H,1-4H3/q+1. The highest BCUT2D eigenvalue weighted by Gasteiger charge is 2.15. The Morgan fingerprint density at radius 3 is 1.82 bits per heavy atom. The molecule has 2 aromatic rings. The summed E-state index contributed by atoms with van der Waals surface area (Å²) in [4.78, 5) is 0. The smallest absolute Gasteiger partial charge is 0.167 e. The van der Waals surface area contributed by atoms with E-state index in [4.69, 9.17) is 0 Å². The highest BCUT2D eigenvalue weighted by Crippen LogP contribution is 2.20. The maximum atomic E-state index is 2.23. The monoisotopic (exact) mass is 226 g/mol. The first-order valence-corrected chi connectivity index (χ1v) is 6.06. The molecule has 0 fully saturated rings. The summed E-state index contributed by atoms with van der Waals surface area (Å²) in [6.45, 7) is 8.81. The lowest BCUT2D eigenvalue weighted by Crippen LogP contribution is -2.30. The second kappa shape index (κ2) is 4.33. The number of hydrogen-bond donors (Lipinski definition) is 0. The molecule has 0 bridgehead atoms. The highest BCUT2D eigenvalue weighted by molar-refractivity contribution is 5.27. The summed E-state index contributed by atoms with van der Waals surface area (Å²) in [5, 5.41) is 0. The van der Waals surface area contributed by atoms with E-state index in [0.717, 1.165) is 0 Å². The third kappa shape index (κ3) is 2.73. The van der Waals surface area contributed by atoms with E-state index < -0.39 is 0 Å².